The number of amides is 1. The standard InChI is InChI=1S/C17H17N3O7S/c1-12(21)18-13-6-8-16(9-7-13)28(25,26)19(11-17(22)27-2)14-4-3-5-15(10-14)20(23)24/h3-10H,11H2,1-2H3,(H,18,21). The van der Waals surface area contributed by atoms with Crippen molar-refractivity contribution in [3.8, 4) is 0 Å². The van der Waals surface area contributed by atoms with Crippen molar-refractivity contribution in [3.63, 3.8) is 0 Å². The molecule has 11 heteroatoms. The van der Waals surface area contributed by atoms with E-state index in [1.165, 1.54) is 49.4 Å². The van der Waals surface area contributed by atoms with Crippen LogP contribution in [0.4, 0.5) is 17.1 Å². The largest absolute Gasteiger partial charge is 0.468 e. The van der Waals surface area contributed by atoms with Crippen LogP contribution in [0.25, 0.3) is 0 Å². The minimum absolute atomic E-state index is 0.0643. The first kappa shape index (κ1) is 20.8. The van der Waals surface area contributed by atoms with Crippen molar-refractivity contribution < 1.29 is 27.7 Å². The number of rotatable bonds is 7. The van der Waals surface area contributed by atoms with E-state index in [1.54, 1.807) is 0 Å². The Kier molecular flexibility index (Phi) is 6.31. The molecule has 1 N–H and O–H groups in total. The fourth-order valence-corrected chi connectivity index (χ4v) is 3.70. The van der Waals surface area contributed by atoms with Gasteiger partial charge in [-0.15, -0.1) is 0 Å². The van der Waals surface area contributed by atoms with Gasteiger partial charge in [-0.3, -0.25) is 24.0 Å². The molecular weight excluding hydrogens is 390 g/mol. The maximum absolute atomic E-state index is 13.1. The highest BCUT2D eigenvalue weighted by molar-refractivity contribution is 7.92. The maximum Gasteiger partial charge on any atom is 0.326 e. The Bertz CT molecular complexity index is 1000. The van der Waals surface area contributed by atoms with Gasteiger partial charge in [-0.25, -0.2) is 8.42 Å². The van der Waals surface area contributed by atoms with E-state index in [1.807, 2.05) is 0 Å². The number of nitro benzene ring substituents is 1. The van der Waals surface area contributed by atoms with Gasteiger partial charge in [0.1, 0.15) is 6.54 Å². The lowest BCUT2D eigenvalue weighted by atomic mass is 10.3. The van der Waals surface area contributed by atoms with E-state index >= 15 is 0 Å². The van der Waals surface area contributed by atoms with Crippen LogP contribution in [0.2, 0.25) is 0 Å². The first-order valence-electron chi connectivity index (χ1n) is 7.87. The minimum atomic E-state index is -4.25. The zero-order chi connectivity index (χ0) is 20.9. The number of nitrogens with zero attached hydrogens (tertiary/aromatic N) is 2. The zero-order valence-electron chi connectivity index (χ0n) is 15.0. The number of carbonyl (C=O) groups is 2. The fraction of sp³-hybridized carbons (Fsp3) is 0.176. The molecule has 0 fully saturated rings. The van der Waals surface area contributed by atoms with Crippen molar-refractivity contribution in [2.24, 2.45) is 0 Å². The zero-order valence-corrected chi connectivity index (χ0v) is 15.8. The quantitative estimate of drug-likeness (QED) is 0.421. The van der Waals surface area contributed by atoms with Crippen LogP contribution in [0, 0.1) is 10.1 Å². The molecule has 10 nitrogen and oxygen atoms in total. The van der Waals surface area contributed by atoms with Gasteiger partial charge in [-0.05, 0) is 30.3 Å². The van der Waals surface area contributed by atoms with E-state index < -0.39 is 27.5 Å². The molecule has 0 atom stereocenters. The number of methoxy groups -OCH3 is 1. The molecule has 1 amide bonds. The summed E-state index contributed by atoms with van der Waals surface area (Å²) in [4.78, 5) is 33.0. The highest BCUT2D eigenvalue weighted by Gasteiger charge is 2.28. The second-order valence-electron chi connectivity index (χ2n) is 5.57. The number of benzene rings is 2. The van der Waals surface area contributed by atoms with Crippen molar-refractivity contribution in [2.45, 2.75) is 11.8 Å². The molecule has 0 heterocycles. The van der Waals surface area contributed by atoms with Crippen LogP contribution in [0.3, 0.4) is 0 Å². The Hall–Kier alpha value is -3.47. The molecule has 2 aromatic rings. The lowest BCUT2D eigenvalue weighted by Gasteiger charge is -2.23. The molecule has 0 saturated heterocycles. The SMILES string of the molecule is COC(=O)CN(c1cccc([N+](=O)[O-])c1)S(=O)(=O)c1ccc(NC(C)=O)cc1. The van der Waals surface area contributed by atoms with Gasteiger partial charge in [0.25, 0.3) is 15.7 Å². The summed E-state index contributed by atoms with van der Waals surface area (Å²) < 4.78 is 31.4. The topological polar surface area (TPSA) is 136 Å². The van der Waals surface area contributed by atoms with Crippen molar-refractivity contribution in [1.29, 1.82) is 0 Å². The van der Waals surface area contributed by atoms with Gasteiger partial charge in [0.15, 0.2) is 0 Å². The van der Waals surface area contributed by atoms with E-state index in [0.29, 0.717) is 5.69 Å². The molecule has 0 aromatic heterocycles. The molecule has 28 heavy (non-hydrogen) atoms. The fourth-order valence-electron chi connectivity index (χ4n) is 2.30. The first-order chi connectivity index (χ1) is 13.1. The molecule has 0 aliphatic heterocycles. The minimum Gasteiger partial charge on any atom is -0.468 e. The van der Waals surface area contributed by atoms with Gasteiger partial charge in [0.05, 0.1) is 22.6 Å². The molecule has 148 valence electrons. The number of sulfonamides is 1. The Morgan fingerprint density at radius 1 is 1.18 bits per heavy atom. The third kappa shape index (κ3) is 4.82. The summed E-state index contributed by atoms with van der Waals surface area (Å²) in [5.74, 6) is -1.16. The number of ether oxygens (including phenoxy) is 1. The van der Waals surface area contributed by atoms with Gasteiger partial charge in [-0.2, -0.15) is 0 Å². The molecule has 0 aliphatic rings. The van der Waals surface area contributed by atoms with Crippen LogP contribution in [0.1, 0.15) is 6.92 Å². The van der Waals surface area contributed by atoms with Gasteiger partial charge in [0, 0.05) is 24.7 Å². The summed E-state index contributed by atoms with van der Waals surface area (Å²) in [6.07, 6.45) is 0. The van der Waals surface area contributed by atoms with E-state index in [9.17, 15) is 28.1 Å². The van der Waals surface area contributed by atoms with Crippen molar-refractivity contribution >= 4 is 39.0 Å². The summed E-state index contributed by atoms with van der Waals surface area (Å²) in [6.45, 7) is 0.637. The first-order valence-corrected chi connectivity index (χ1v) is 9.31. The molecule has 0 bridgehead atoms. The summed E-state index contributed by atoms with van der Waals surface area (Å²) >= 11 is 0. The average Bonchev–Trinajstić information content (AvgIpc) is 2.65. The average molecular weight is 407 g/mol. The maximum atomic E-state index is 13.1. The van der Waals surface area contributed by atoms with Gasteiger partial charge >= 0.3 is 5.97 Å². The van der Waals surface area contributed by atoms with Crippen LogP contribution in [0.5, 0.6) is 0 Å². The third-order valence-corrected chi connectivity index (χ3v) is 5.38. The Balaban J connectivity index is 2.49. The van der Waals surface area contributed by atoms with Gasteiger partial charge in [0.2, 0.25) is 5.91 Å². The molecule has 0 radical (unpaired) electrons. The highest BCUT2D eigenvalue weighted by Crippen LogP contribution is 2.27. The number of hydrogen-bond donors (Lipinski definition) is 1. The predicted octanol–water partition coefficient (Wildman–Crippen LogP) is 1.92. The van der Waals surface area contributed by atoms with Crippen molar-refractivity contribution in [1.82, 2.24) is 0 Å². The smallest absolute Gasteiger partial charge is 0.326 e. The van der Waals surface area contributed by atoms with Crippen molar-refractivity contribution in [3.05, 3.63) is 58.6 Å². The summed E-state index contributed by atoms with van der Waals surface area (Å²) in [5.41, 5.74) is -0.00423. The molecule has 2 rings (SSSR count). The van der Waals surface area contributed by atoms with Crippen LogP contribution < -0.4 is 9.62 Å². The molecule has 2 aromatic carbocycles. The number of non-ortho nitro benzene ring substituents is 1. The van der Waals surface area contributed by atoms with Gasteiger partial charge in [-0.1, -0.05) is 6.07 Å². The van der Waals surface area contributed by atoms with E-state index in [-0.39, 0.29) is 22.2 Å². The van der Waals surface area contributed by atoms with Crippen LogP contribution in [0.15, 0.2) is 53.4 Å². The van der Waals surface area contributed by atoms with E-state index in [4.69, 9.17) is 0 Å². The van der Waals surface area contributed by atoms with Crippen LogP contribution in [-0.2, 0) is 24.3 Å². The molecule has 0 unspecified atom stereocenters. The normalized spacial score (nSPS) is 10.8. The summed E-state index contributed by atoms with van der Waals surface area (Å²) in [5, 5.41) is 13.5. The Morgan fingerprint density at radius 2 is 1.82 bits per heavy atom. The second-order valence-corrected chi connectivity index (χ2v) is 7.43. The second kappa shape index (κ2) is 8.48. The molecule has 0 saturated carbocycles. The van der Waals surface area contributed by atoms with E-state index in [2.05, 4.69) is 10.1 Å². The third-order valence-electron chi connectivity index (χ3n) is 3.59. The summed E-state index contributed by atoms with van der Waals surface area (Å²) in [7, 11) is -3.15. The van der Waals surface area contributed by atoms with Crippen molar-refractivity contribution in [2.75, 3.05) is 23.3 Å². The van der Waals surface area contributed by atoms with Crippen LogP contribution in [-0.4, -0.2) is 38.9 Å². The monoisotopic (exact) mass is 407 g/mol. The number of carbonyl (C=O) groups excluding carboxylic acids is 2. The highest BCUT2D eigenvalue weighted by atomic mass is 32.2. The molecule has 0 aliphatic carbocycles. The Morgan fingerprint density at radius 3 is 2.36 bits per heavy atom. The van der Waals surface area contributed by atoms with Crippen LogP contribution >= 0.6 is 0 Å². The van der Waals surface area contributed by atoms with Gasteiger partial charge < -0.3 is 10.1 Å². The molecular formula is C17H17N3O7S. The number of anilines is 2. The number of nitro groups is 1. The molecule has 0 spiro atoms. The number of esters is 1. The van der Waals surface area contributed by atoms with E-state index in [0.717, 1.165) is 17.5 Å². The number of nitrogens with one attached hydrogen (secondary N) is 1. The lowest BCUT2D eigenvalue weighted by molar-refractivity contribution is -0.384. The number of hydrogen-bond acceptors (Lipinski definition) is 7. The predicted molar refractivity (Wildman–Crippen MR) is 100 cm³/mol. The summed E-state index contributed by atoms with van der Waals surface area (Å²) in [6, 6.07) is 10.2. The lowest BCUT2D eigenvalue weighted by Crippen LogP contribution is -2.36. The Labute approximate surface area is 160 Å².